The van der Waals surface area contributed by atoms with E-state index in [2.05, 4.69) is 0 Å². The Labute approximate surface area is 67.2 Å². The summed E-state index contributed by atoms with van der Waals surface area (Å²) in [5.74, 6) is 0. The van der Waals surface area contributed by atoms with Gasteiger partial charge in [0.2, 0.25) is 5.69 Å². The predicted molar refractivity (Wildman–Crippen MR) is 38.3 cm³/mol. The maximum atomic E-state index is 11.4. The molecular weight excluding hydrogens is 171 g/mol. The summed E-state index contributed by atoms with van der Waals surface area (Å²) in [6.45, 7) is 0. The van der Waals surface area contributed by atoms with Crippen LogP contribution < -0.4 is 0 Å². The smallest absolute Gasteiger partial charge is 0.247 e. The molecule has 0 saturated heterocycles. The molecule has 0 aliphatic rings. The second-order valence-electron chi connectivity index (χ2n) is 1.82. The molecule has 0 saturated carbocycles. The molecule has 3 nitrogen and oxygen atoms in total. The van der Waals surface area contributed by atoms with E-state index in [1.54, 1.807) is 0 Å². The molecule has 0 fully saturated rings. The zero-order valence-corrected chi connectivity index (χ0v) is 6.12. The van der Waals surface area contributed by atoms with Gasteiger partial charge in [-0.2, -0.15) is 0 Å². The van der Waals surface area contributed by atoms with Crippen LogP contribution in [0.5, 0.6) is 0 Å². The Bertz CT molecular complexity index is 272. The highest BCUT2D eigenvalue weighted by molar-refractivity contribution is 6.30. The Morgan fingerprint density at radius 2 is 1.91 bits per heavy atom. The van der Waals surface area contributed by atoms with Gasteiger partial charge >= 0.3 is 0 Å². The highest BCUT2D eigenvalue weighted by atomic mass is 35.5. The van der Waals surface area contributed by atoms with E-state index in [1.165, 1.54) is 24.3 Å². The highest BCUT2D eigenvalue weighted by Gasteiger charge is 2.01. The van der Waals surface area contributed by atoms with Crippen molar-refractivity contribution in [2.75, 3.05) is 0 Å². The minimum atomic E-state index is -0.129. The maximum Gasteiger partial charge on any atom is 0.247 e. The fraction of sp³-hybridized carbons (Fsp3) is 0. The average Bonchev–Trinajstić information content (AvgIpc) is 2.05. The van der Waals surface area contributed by atoms with E-state index in [0.29, 0.717) is 5.02 Å². The van der Waals surface area contributed by atoms with Gasteiger partial charge < -0.3 is 5.21 Å². The SMILES string of the molecule is [O-]/[N+](=N\F)c1ccc(Cl)cc1. The molecule has 0 aliphatic carbocycles. The zero-order chi connectivity index (χ0) is 8.27. The number of rotatable bonds is 1. The third kappa shape index (κ3) is 1.88. The quantitative estimate of drug-likeness (QED) is 0.367. The first kappa shape index (κ1) is 7.94. The lowest BCUT2D eigenvalue weighted by atomic mass is 10.3. The Hall–Kier alpha value is -1.16. The van der Waals surface area contributed by atoms with Crippen molar-refractivity contribution in [3.05, 3.63) is 34.5 Å². The Morgan fingerprint density at radius 1 is 1.36 bits per heavy atom. The number of benzene rings is 1. The minimum absolute atomic E-state index is 0.108. The summed E-state index contributed by atoms with van der Waals surface area (Å²) >= 11 is 5.51. The van der Waals surface area contributed by atoms with Crippen LogP contribution in [0.1, 0.15) is 0 Å². The lowest BCUT2D eigenvalue weighted by Crippen LogP contribution is -1.87. The molecule has 1 aromatic carbocycles. The van der Waals surface area contributed by atoms with Crippen LogP contribution in [-0.4, -0.2) is 4.86 Å². The summed E-state index contributed by atoms with van der Waals surface area (Å²) in [6.07, 6.45) is 0. The van der Waals surface area contributed by atoms with Gasteiger partial charge in [0, 0.05) is 17.2 Å². The molecule has 5 heteroatoms. The Morgan fingerprint density at radius 3 is 2.36 bits per heavy atom. The van der Waals surface area contributed by atoms with Gasteiger partial charge in [-0.1, -0.05) is 11.6 Å². The fourth-order valence-corrected chi connectivity index (χ4v) is 0.738. The van der Waals surface area contributed by atoms with Gasteiger partial charge in [0.05, 0.1) is 0 Å². The molecule has 1 aromatic rings. The third-order valence-corrected chi connectivity index (χ3v) is 1.37. The van der Waals surface area contributed by atoms with Crippen molar-refractivity contribution in [2.45, 2.75) is 0 Å². The van der Waals surface area contributed by atoms with Crippen LogP contribution in [0.15, 0.2) is 29.6 Å². The van der Waals surface area contributed by atoms with Crippen molar-refractivity contribution in [1.29, 1.82) is 0 Å². The van der Waals surface area contributed by atoms with E-state index >= 15 is 0 Å². The second-order valence-corrected chi connectivity index (χ2v) is 2.26. The van der Waals surface area contributed by atoms with Crippen LogP contribution in [0, 0.1) is 5.21 Å². The largest absolute Gasteiger partial charge is 0.592 e. The first-order valence-corrected chi connectivity index (χ1v) is 3.16. The molecule has 0 heterocycles. The number of hydrogen-bond acceptors (Lipinski definition) is 2. The van der Waals surface area contributed by atoms with Crippen molar-refractivity contribution in [3.63, 3.8) is 0 Å². The van der Waals surface area contributed by atoms with E-state index in [4.69, 9.17) is 11.6 Å². The lowest BCUT2D eigenvalue weighted by Gasteiger charge is -1.94. The van der Waals surface area contributed by atoms with Crippen LogP contribution in [0.3, 0.4) is 0 Å². The van der Waals surface area contributed by atoms with Crippen LogP contribution >= 0.6 is 11.6 Å². The molecule has 0 spiro atoms. The predicted octanol–water partition coefficient (Wildman–Crippen LogP) is 2.82. The van der Waals surface area contributed by atoms with Gasteiger partial charge in [-0.3, -0.25) is 0 Å². The second kappa shape index (κ2) is 3.30. The van der Waals surface area contributed by atoms with Gasteiger partial charge in [-0.05, 0) is 21.5 Å². The molecule has 0 aromatic heterocycles. The van der Waals surface area contributed by atoms with E-state index < -0.39 is 0 Å². The first-order chi connectivity index (χ1) is 5.24. The van der Waals surface area contributed by atoms with Gasteiger partial charge in [0.25, 0.3) is 0 Å². The van der Waals surface area contributed by atoms with Crippen molar-refractivity contribution in [3.8, 4) is 0 Å². The molecule has 0 bridgehead atoms. The van der Waals surface area contributed by atoms with Crippen molar-refractivity contribution < 1.29 is 9.34 Å². The van der Waals surface area contributed by atoms with Crippen LogP contribution in [0.4, 0.5) is 10.2 Å². The molecule has 11 heavy (non-hydrogen) atoms. The topological polar surface area (TPSA) is 38.4 Å². The molecule has 0 atom stereocenters. The molecule has 0 unspecified atom stereocenters. The molecule has 58 valence electrons. The van der Waals surface area contributed by atoms with Crippen molar-refractivity contribution in [2.24, 2.45) is 5.34 Å². The maximum absolute atomic E-state index is 11.4. The lowest BCUT2D eigenvalue weighted by molar-refractivity contribution is -0.462. The molecular formula is C6H4ClFN2O. The number of halogens is 2. The van der Waals surface area contributed by atoms with Crippen LogP contribution in [0.25, 0.3) is 0 Å². The van der Waals surface area contributed by atoms with E-state index in [-0.39, 0.29) is 10.5 Å². The van der Waals surface area contributed by atoms with E-state index in [1.807, 2.05) is 5.34 Å². The molecule has 0 amide bonds. The number of hydrogen-bond donors (Lipinski definition) is 0. The molecule has 0 N–H and O–H groups in total. The highest BCUT2D eigenvalue weighted by Crippen LogP contribution is 2.15. The molecule has 0 radical (unpaired) electrons. The monoisotopic (exact) mass is 174 g/mol. The molecule has 0 aliphatic heterocycles. The van der Waals surface area contributed by atoms with Crippen LogP contribution in [0.2, 0.25) is 5.02 Å². The summed E-state index contributed by atoms with van der Waals surface area (Å²) in [5.41, 5.74) is 0.108. The first-order valence-electron chi connectivity index (χ1n) is 2.79. The normalized spacial score (nSPS) is 11.6. The van der Waals surface area contributed by atoms with Gasteiger partial charge in [0.1, 0.15) is 0 Å². The van der Waals surface area contributed by atoms with Crippen molar-refractivity contribution in [1.82, 2.24) is 0 Å². The minimum Gasteiger partial charge on any atom is -0.592 e. The van der Waals surface area contributed by atoms with Gasteiger partial charge in [0.15, 0.2) is 5.34 Å². The standard InChI is InChI=1S/C6H4ClFN2O/c7-5-1-3-6(4-2-5)10(11)9-8/h1-4H/b10-9-. The van der Waals surface area contributed by atoms with Crippen LogP contribution in [-0.2, 0) is 0 Å². The van der Waals surface area contributed by atoms with E-state index in [0.717, 1.165) is 0 Å². The van der Waals surface area contributed by atoms with E-state index in [9.17, 15) is 9.69 Å². The Kier molecular flexibility index (Phi) is 2.38. The fourth-order valence-electron chi connectivity index (χ4n) is 0.612. The van der Waals surface area contributed by atoms with Crippen molar-refractivity contribution >= 4 is 17.3 Å². The summed E-state index contributed by atoms with van der Waals surface area (Å²) in [6, 6.07) is 5.71. The number of nitrogens with zero attached hydrogens (tertiary/aromatic N) is 2. The van der Waals surface area contributed by atoms with Gasteiger partial charge in [-0.25, -0.2) is 0 Å². The summed E-state index contributed by atoms with van der Waals surface area (Å²) < 4.78 is 11.4. The zero-order valence-electron chi connectivity index (χ0n) is 5.37. The molecule has 1 rings (SSSR count). The third-order valence-electron chi connectivity index (χ3n) is 1.12. The summed E-state index contributed by atoms with van der Waals surface area (Å²) in [5, 5.41) is 12.9. The summed E-state index contributed by atoms with van der Waals surface area (Å²) in [4.78, 5) is -0.129. The van der Waals surface area contributed by atoms with Gasteiger partial charge in [-0.15, -0.1) is 0 Å². The summed E-state index contributed by atoms with van der Waals surface area (Å²) in [7, 11) is 0. The Balaban J connectivity index is 2.99. The average molecular weight is 175 g/mol.